The number of nitrogens with one attached hydrogen (secondary N) is 2. The average Bonchev–Trinajstić information content (AvgIpc) is 2.34. The molecule has 4 nitrogen and oxygen atoms in total. The molecule has 1 amide bonds. The van der Waals surface area contributed by atoms with Crippen molar-refractivity contribution in [2.75, 3.05) is 39.3 Å². The number of carbonyl (C=O) groups is 1. The monoisotopic (exact) mass is 305 g/mol. The highest BCUT2D eigenvalue weighted by molar-refractivity contribution is 5.85. The number of piperazine rings is 1. The van der Waals surface area contributed by atoms with Crippen molar-refractivity contribution in [2.45, 2.75) is 40.5 Å². The lowest BCUT2D eigenvalue weighted by atomic mass is 9.83. The predicted molar refractivity (Wildman–Crippen MR) is 87.4 cm³/mol. The van der Waals surface area contributed by atoms with Gasteiger partial charge in [0.2, 0.25) is 5.91 Å². The van der Waals surface area contributed by atoms with Crippen LogP contribution >= 0.6 is 12.4 Å². The molecule has 0 aromatic rings. The Morgan fingerprint density at radius 2 is 1.90 bits per heavy atom. The zero-order valence-corrected chi connectivity index (χ0v) is 14.3. The lowest BCUT2D eigenvalue weighted by molar-refractivity contribution is -0.130. The maximum atomic E-state index is 12.1. The molecule has 0 spiro atoms. The molecule has 5 heteroatoms. The third kappa shape index (κ3) is 7.46. The molecule has 0 radical (unpaired) electrons. The van der Waals surface area contributed by atoms with Gasteiger partial charge in [-0.3, -0.25) is 4.79 Å². The average molecular weight is 306 g/mol. The van der Waals surface area contributed by atoms with Crippen LogP contribution in [0.15, 0.2) is 0 Å². The van der Waals surface area contributed by atoms with Crippen LogP contribution in [-0.4, -0.2) is 50.1 Å². The molecule has 0 atom stereocenters. The molecule has 0 unspecified atom stereocenters. The summed E-state index contributed by atoms with van der Waals surface area (Å²) >= 11 is 0. The Kier molecular flexibility index (Phi) is 9.43. The SMILES string of the molecule is CC(C)CC(C)(C)C(=O)NCCCN1CCNCC1.Cl. The molecule has 0 aromatic heterocycles. The summed E-state index contributed by atoms with van der Waals surface area (Å²) in [7, 11) is 0. The summed E-state index contributed by atoms with van der Waals surface area (Å²) in [6.45, 7) is 14.7. The van der Waals surface area contributed by atoms with Crippen LogP contribution in [0.1, 0.15) is 40.5 Å². The fourth-order valence-electron chi connectivity index (χ4n) is 2.79. The third-order valence-corrected chi connectivity index (χ3v) is 3.68. The van der Waals surface area contributed by atoms with Gasteiger partial charge < -0.3 is 15.5 Å². The molecule has 1 saturated heterocycles. The van der Waals surface area contributed by atoms with Gasteiger partial charge in [-0.15, -0.1) is 12.4 Å². The molecule has 1 fully saturated rings. The van der Waals surface area contributed by atoms with E-state index in [0.29, 0.717) is 5.92 Å². The van der Waals surface area contributed by atoms with Gasteiger partial charge in [0.25, 0.3) is 0 Å². The van der Waals surface area contributed by atoms with Gasteiger partial charge in [-0.2, -0.15) is 0 Å². The first-order valence-corrected chi connectivity index (χ1v) is 7.63. The predicted octanol–water partition coefficient (Wildman–Crippen LogP) is 1.89. The molecule has 0 aliphatic carbocycles. The van der Waals surface area contributed by atoms with Crippen molar-refractivity contribution in [3.63, 3.8) is 0 Å². The van der Waals surface area contributed by atoms with Gasteiger partial charge in [0.05, 0.1) is 0 Å². The highest BCUT2D eigenvalue weighted by Gasteiger charge is 2.27. The summed E-state index contributed by atoms with van der Waals surface area (Å²) < 4.78 is 0. The molecular weight excluding hydrogens is 274 g/mol. The van der Waals surface area contributed by atoms with E-state index in [-0.39, 0.29) is 23.7 Å². The van der Waals surface area contributed by atoms with Gasteiger partial charge in [-0.05, 0) is 25.3 Å². The standard InChI is InChI=1S/C15H31N3O.ClH/c1-13(2)12-15(3,4)14(19)17-6-5-9-18-10-7-16-8-11-18;/h13,16H,5-12H2,1-4H3,(H,17,19);1H. The first kappa shape index (κ1) is 19.7. The van der Waals surface area contributed by atoms with Crippen LogP contribution in [0.25, 0.3) is 0 Å². The summed E-state index contributed by atoms with van der Waals surface area (Å²) in [6.07, 6.45) is 1.99. The molecule has 0 saturated carbocycles. The van der Waals surface area contributed by atoms with Gasteiger partial charge in [-0.1, -0.05) is 27.7 Å². The van der Waals surface area contributed by atoms with Gasteiger partial charge in [-0.25, -0.2) is 0 Å². The maximum Gasteiger partial charge on any atom is 0.225 e. The van der Waals surface area contributed by atoms with E-state index in [1.165, 1.54) is 0 Å². The van der Waals surface area contributed by atoms with Crippen LogP contribution in [0.2, 0.25) is 0 Å². The van der Waals surface area contributed by atoms with Crippen molar-refractivity contribution in [3.05, 3.63) is 0 Å². The van der Waals surface area contributed by atoms with Crippen molar-refractivity contribution in [3.8, 4) is 0 Å². The lowest BCUT2D eigenvalue weighted by Gasteiger charge is -2.28. The van der Waals surface area contributed by atoms with Crippen molar-refractivity contribution in [2.24, 2.45) is 11.3 Å². The number of hydrogen-bond donors (Lipinski definition) is 2. The molecule has 1 rings (SSSR count). The number of halogens is 1. The fourth-order valence-corrected chi connectivity index (χ4v) is 2.79. The number of amides is 1. The highest BCUT2D eigenvalue weighted by Crippen LogP contribution is 2.25. The van der Waals surface area contributed by atoms with Gasteiger partial charge in [0.1, 0.15) is 0 Å². The second kappa shape index (κ2) is 9.59. The second-order valence-corrected chi connectivity index (χ2v) is 6.68. The van der Waals surface area contributed by atoms with Gasteiger partial charge >= 0.3 is 0 Å². The van der Waals surface area contributed by atoms with Crippen molar-refractivity contribution in [1.29, 1.82) is 0 Å². The Morgan fingerprint density at radius 1 is 1.30 bits per heavy atom. The van der Waals surface area contributed by atoms with Crippen molar-refractivity contribution < 1.29 is 4.79 Å². The number of rotatable bonds is 7. The molecule has 2 N–H and O–H groups in total. The largest absolute Gasteiger partial charge is 0.356 e. The van der Waals surface area contributed by atoms with Crippen LogP contribution in [0, 0.1) is 11.3 Å². The topological polar surface area (TPSA) is 44.4 Å². The third-order valence-electron chi connectivity index (χ3n) is 3.68. The molecule has 0 aromatic carbocycles. The van der Waals surface area contributed by atoms with E-state index < -0.39 is 0 Å². The van der Waals surface area contributed by atoms with Crippen molar-refractivity contribution in [1.82, 2.24) is 15.5 Å². The van der Waals surface area contributed by atoms with E-state index in [1.807, 2.05) is 13.8 Å². The Morgan fingerprint density at radius 3 is 2.45 bits per heavy atom. The van der Waals surface area contributed by atoms with Gasteiger partial charge in [0, 0.05) is 38.1 Å². The minimum atomic E-state index is -0.247. The van der Waals surface area contributed by atoms with E-state index in [2.05, 4.69) is 29.4 Å². The van der Waals surface area contributed by atoms with E-state index in [1.54, 1.807) is 0 Å². The van der Waals surface area contributed by atoms with Crippen LogP contribution in [0.5, 0.6) is 0 Å². The molecule has 20 heavy (non-hydrogen) atoms. The zero-order valence-electron chi connectivity index (χ0n) is 13.5. The highest BCUT2D eigenvalue weighted by atomic mass is 35.5. The molecule has 0 bridgehead atoms. The Balaban J connectivity index is 0.00000361. The number of carbonyl (C=O) groups excluding carboxylic acids is 1. The first-order chi connectivity index (χ1) is 8.92. The summed E-state index contributed by atoms with van der Waals surface area (Å²) in [4.78, 5) is 14.6. The van der Waals surface area contributed by atoms with E-state index in [4.69, 9.17) is 0 Å². The maximum absolute atomic E-state index is 12.1. The van der Waals surface area contributed by atoms with Crippen LogP contribution in [0.4, 0.5) is 0 Å². The smallest absolute Gasteiger partial charge is 0.225 e. The fraction of sp³-hybridized carbons (Fsp3) is 0.933. The quantitative estimate of drug-likeness (QED) is 0.706. The second-order valence-electron chi connectivity index (χ2n) is 6.68. The molecule has 1 aliphatic rings. The molecule has 1 heterocycles. The molecular formula is C15H32ClN3O. The zero-order chi connectivity index (χ0) is 14.3. The number of hydrogen-bond acceptors (Lipinski definition) is 3. The minimum Gasteiger partial charge on any atom is -0.356 e. The lowest BCUT2D eigenvalue weighted by Crippen LogP contribution is -2.44. The Bertz CT molecular complexity index is 276. The summed E-state index contributed by atoms with van der Waals surface area (Å²) in [6, 6.07) is 0. The Hall–Kier alpha value is -0.320. The van der Waals surface area contributed by atoms with Crippen LogP contribution in [-0.2, 0) is 4.79 Å². The summed E-state index contributed by atoms with van der Waals surface area (Å²) in [5, 5.41) is 6.44. The Labute approximate surface area is 130 Å². The van der Waals surface area contributed by atoms with Crippen LogP contribution < -0.4 is 10.6 Å². The minimum absolute atomic E-state index is 0. The van der Waals surface area contributed by atoms with E-state index >= 15 is 0 Å². The molecule has 120 valence electrons. The normalized spacial score (nSPS) is 16.9. The number of nitrogens with zero attached hydrogens (tertiary/aromatic N) is 1. The van der Waals surface area contributed by atoms with Crippen molar-refractivity contribution >= 4 is 18.3 Å². The van der Waals surface area contributed by atoms with E-state index in [9.17, 15) is 4.79 Å². The van der Waals surface area contributed by atoms with Crippen LogP contribution in [0.3, 0.4) is 0 Å². The summed E-state index contributed by atoms with van der Waals surface area (Å²) in [5.41, 5.74) is -0.247. The van der Waals surface area contributed by atoms with Gasteiger partial charge in [0.15, 0.2) is 0 Å². The van der Waals surface area contributed by atoms with E-state index in [0.717, 1.165) is 52.1 Å². The first-order valence-electron chi connectivity index (χ1n) is 7.63. The molecule has 1 aliphatic heterocycles. The summed E-state index contributed by atoms with van der Waals surface area (Å²) in [5.74, 6) is 0.753.